The van der Waals surface area contributed by atoms with Crippen LogP contribution >= 0.6 is 11.3 Å². The highest BCUT2D eigenvalue weighted by Gasteiger charge is 2.15. The Hall–Kier alpha value is -1.47. The molecule has 0 saturated heterocycles. The van der Waals surface area contributed by atoms with Gasteiger partial charge in [0.25, 0.3) is 0 Å². The number of hydrogen-bond acceptors (Lipinski definition) is 5. The standard InChI is InChI=1S/C9H14N4O2S/c1-5-7(16-4-13-5)3-12-9(15)6(10)2-8(11)14/h4,6H,2-3,10H2,1H3,(H2,11,14)(H,12,15). The molecule has 0 fully saturated rings. The van der Waals surface area contributed by atoms with Gasteiger partial charge in [-0.1, -0.05) is 0 Å². The van der Waals surface area contributed by atoms with Crippen LogP contribution in [0.15, 0.2) is 5.51 Å². The quantitative estimate of drug-likeness (QED) is 0.632. The van der Waals surface area contributed by atoms with E-state index in [1.165, 1.54) is 11.3 Å². The molecule has 0 aliphatic heterocycles. The number of aromatic nitrogens is 1. The van der Waals surface area contributed by atoms with E-state index < -0.39 is 11.9 Å². The van der Waals surface area contributed by atoms with Crippen molar-refractivity contribution in [3.05, 3.63) is 16.1 Å². The van der Waals surface area contributed by atoms with Crippen LogP contribution in [0.25, 0.3) is 0 Å². The van der Waals surface area contributed by atoms with Crippen molar-refractivity contribution in [3.8, 4) is 0 Å². The van der Waals surface area contributed by atoms with Crippen molar-refractivity contribution in [3.63, 3.8) is 0 Å². The molecule has 0 aromatic carbocycles. The van der Waals surface area contributed by atoms with E-state index in [2.05, 4.69) is 10.3 Å². The smallest absolute Gasteiger partial charge is 0.237 e. The van der Waals surface area contributed by atoms with Gasteiger partial charge in [-0.3, -0.25) is 9.59 Å². The van der Waals surface area contributed by atoms with E-state index >= 15 is 0 Å². The molecule has 0 aliphatic rings. The molecule has 7 heteroatoms. The van der Waals surface area contributed by atoms with Gasteiger partial charge in [0.1, 0.15) is 0 Å². The summed E-state index contributed by atoms with van der Waals surface area (Å²) in [6, 6.07) is -0.884. The second-order valence-corrected chi connectivity index (χ2v) is 4.30. The number of amides is 2. The molecular weight excluding hydrogens is 228 g/mol. The number of nitrogens with one attached hydrogen (secondary N) is 1. The molecule has 1 heterocycles. The zero-order valence-corrected chi connectivity index (χ0v) is 9.71. The van der Waals surface area contributed by atoms with Crippen LogP contribution in [-0.4, -0.2) is 22.8 Å². The van der Waals surface area contributed by atoms with E-state index in [9.17, 15) is 9.59 Å². The summed E-state index contributed by atoms with van der Waals surface area (Å²) in [5.74, 6) is -0.969. The Morgan fingerprint density at radius 2 is 2.31 bits per heavy atom. The minimum atomic E-state index is -0.884. The van der Waals surface area contributed by atoms with E-state index in [-0.39, 0.29) is 12.3 Å². The van der Waals surface area contributed by atoms with Gasteiger partial charge in [-0.15, -0.1) is 11.3 Å². The zero-order chi connectivity index (χ0) is 12.1. The number of aryl methyl sites for hydroxylation is 1. The fourth-order valence-corrected chi connectivity index (χ4v) is 1.82. The van der Waals surface area contributed by atoms with Crippen molar-refractivity contribution >= 4 is 23.2 Å². The van der Waals surface area contributed by atoms with Crippen molar-refractivity contribution in [2.45, 2.75) is 25.9 Å². The van der Waals surface area contributed by atoms with Crippen LogP contribution < -0.4 is 16.8 Å². The molecule has 88 valence electrons. The van der Waals surface area contributed by atoms with Crippen LogP contribution in [0.3, 0.4) is 0 Å². The number of rotatable bonds is 5. The van der Waals surface area contributed by atoms with Crippen LogP contribution in [0.2, 0.25) is 0 Å². The number of primary amides is 1. The molecule has 0 spiro atoms. The van der Waals surface area contributed by atoms with Gasteiger partial charge in [0.15, 0.2) is 0 Å². The molecule has 0 aliphatic carbocycles. The summed E-state index contributed by atoms with van der Waals surface area (Å²) in [4.78, 5) is 27.0. The average Bonchev–Trinajstić information content (AvgIpc) is 2.59. The van der Waals surface area contributed by atoms with E-state index in [1.54, 1.807) is 5.51 Å². The third-order valence-corrected chi connectivity index (χ3v) is 2.96. The second kappa shape index (κ2) is 5.57. The van der Waals surface area contributed by atoms with Crippen molar-refractivity contribution in [1.29, 1.82) is 0 Å². The maximum atomic E-state index is 11.4. The summed E-state index contributed by atoms with van der Waals surface area (Å²) in [6.45, 7) is 2.24. The monoisotopic (exact) mass is 242 g/mol. The molecule has 1 atom stereocenters. The lowest BCUT2D eigenvalue weighted by Crippen LogP contribution is -2.42. The lowest BCUT2D eigenvalue weighted by atomic mass is 10.2. The van der Waals surface area contributed by atoms with Gasteiger partial charge in [-0.25, -0.2) is 4.98 Å². The molecule has 1 rings (SSSR count). The first kappa shape index (κ1) is 12.6. The molecular formula is C9H14N4O2S. The van der Waals surface area contributed by atoms with Gasteiger partial charge in [0.05, 0.1) is 30.2 Å². The third kappa shape index (κ3) is 3.59. The van der Waals surface area contributed by atoms with Crippen molar-refractivity contribution in [2.75, 3.05) is 0 Å². The minimum absolute atomic E-state index is 0.145. The van der Waals surface area contributed by atoms with Crippen LogP contribution in [0, 0.1) is 6.92 Å². The van der Waals surface area contributed by atoms with Gasteiger partial charge in [-0.05, 0) is 6.92 Å². The molecule has 1 aromatic heterocycles. The van der Waals surface area contributed by atoms with E-state index in [4.69, 9.17) is 11.5 Å². The third-order valence-electron chi connectivity index (χ3n) is 2.03. The predicted octanol–water partition coefficient (Wildman–Crippen LogP) is -0.730. The largest absolute Gasteiger partial charge is 0.370 e. The zero-order valence-electron chi connectivity index (χ0n) is 8.90. The maximum absolute atomic E-state index is 11.4. The van der Waals surface area contributed by atoms with E-state index in [0.29, 0.717) is 6.54 Å². The molecule has 5 N–H and O–H groups in total. The Morgan fingerprint density at radius 3 is 2.81 bits per heavy atom. The lowest BCUT2D eigenvalue weighted by Gasteiger charge is -2.09. The topological polar surface area (TPSA) is 111 Å². The van der Waals surface area contributed by atoms with Gasteiger partial charge in [0.2, 0.25) is 11.8 Å². The molecule has 0 bridgehead atoms. The molecule has 0 radical (unpaired) electrons. The van der Waals surface area contributed by atoms with Crippen LogP contribution in [0.4, 0.5) is 0 Å². The Balaban J connectivity index is 2.41. The number of thiazole rings is 1. The van der Waals surface area contributed by atoms with E-state index in [0.717, 1.165) is 10.6 Å². The van der Waals surface area contributed by atoms with Crippen LogP contribution in [0.1, 0.15) is 17.0 Å². The molecule has 16 heavy (non-hydrogen) atoms. The summed E-state index contributed by atoms with van der Waals surface area (Å²) in [5.41, 5.74) is 13.0. The van der Waals surface area contributed by atoms with Gasteiger partial charge < -0.3 is 16.8 Å². The SMILES string of the molecule is Cc1ncsc1CNC(=O)C(N)CC(N)=O. The van der Waals surface area contributed by atoms with E-state index in [1.807, 2.05) is 6.92 Å². The number of nitrogens with two attached hydrogens (primary N) is 2. The maximum Gasteiger partial charge on any atom is 0.237 e. The predicted molar refractivity (Wildman–Crippen MR) is 60.5 cm³/mol. The number of nitrogens with zero attached hydrogens (tertiary/aromatic N) is 1. The molecule has 6 nitrogen and oxygen atoms in total. The highest BCUT2D eigenvalue weighted by atomic mass is 32.1. The molecule has 1 unspecified atom stereocenters. The number of hydrogen-bond donors (Lipinski definition) is 3. The summed E-state index contributed by atoms with van der Waals surface area (Å²) in [5, 5.41) is 2.63. The first-order valence-electron chi connectivity index (χ1n) is 4.71. The van der Waals surface area contributed by atoms with Gasteiger partial charge >= 0.3 is 0 Å². The van der Waals surface area contributed by atoms with Crippen LogP contribution in [-0.2, 0) is 16.1 Å². The number of carbonyl (C=O) groups excluding carboxylic acids is 2. The second-order valence-electron chi connectivity index (χ2n) is 3.36. The molecule has 1 aromatic rings. The number of carbonyl (C=O) groups is 2. The van der Waals surface area contributed by atoms with Crippen LogP contribution in [0.5, 0.6) is 0 Å². The summed E-state index contributed by atoms with van der Waals surface area (Å²) >= 11 is 1.46. The lowest BCUT2D eigenvalue weighted by molar-refractivity contribution is -0.126. The van der Waals surface area contributed by atoms with Gasteiger partial charge in [0, 0.05) is 4.88 Å². The minimum Gasteiger partial charge on any atom is -0.370 e. The molecule has 2 amide bonds. The normalized spacial score (nSPS) is 12.1. The fourth-order valence-electron chi connectivity index (χ4n) is 1.10. The molecule has 0 saturated carbocycles. The highest BCUT2D eigenvalue weighted by Crippen LogP contribution is 2.11. The van der Waals surface area contributed by atoms with Crippen molar-refractivity contribution in [2.24, 2.45) is 11.5 Å². The Bertz CT molecular complexity index is 391. The summed E-state index contributed by atoms with van der Waals surface area (Å²) < 4.78 is 0. The first-order valence-corrected chi connectivity index (χ1v) is 5.59. The Kier molecular flexibility index (Phi) is 4.39. The van der Waals surface area contributed by atoms with Gasteiger partial charge in [-0.2, -0.15) is 0 Å². The fraction of sp³-hybridized carbons (Fsp3) is 0.444. The Labute approximate surface area is 97.0 Å². The first-order chi connectivity index (χ1) is 7.50. The average molecular weight is 242 g/mol. The van der Waals surface area contributed by atoms with Crippen molar-refractivity contribution in [1.82, 2.24) is 10.3 Å². The summed E-state index contributed by atoms with van der Waals surface area (Å²) in [7, 11) is 0. The summed E-state index contributed by atoms with van der Waals surface area (Å²) in [6.07, 6.45) is -0.145. The van der Waals surface area contributed by atoms with Crippen molar-refractivity contribution < 1.29 is 9.59 Å². The Morgan fingerprint density at radius 1 is 1.62 bits per heavy atom. The highest BCUT2D eigenvalue weighted by molar-refractivity contribution is 7.09.